The Kier molecular flexibility index (Phi) is 6.89. The maximum absolute atomic E-state index is 13.1. The molecule has 0 aliphatic carbocycles. The van der Waals surface area contributed by atoms with E-state index in [1.807, 2.05) is 0 Å². The third-order valence-corrected chi connectivity index (χ3v) is 7.24. The predicted molar refractivity (Wildman–Crippen MR) is 110 cm³/mol. The summed E-state index contributed by atoms with van der Waals surface area (Å²) in [6.07, 6.45) is -1.81. The van der Waals surface area contributed by atoms with Gasteiger partial charge in [0.15, 0.2) is 6.10 Å². The van der Waals surface area contributed by atoms with Gasteiger partial charge in [0.05, 0.1) is 22.8 Å². The maximum atomic E-state index is 13.1. The Bertz CT molecular complexity index is 990. The van der Waals surface area contributed by atoms with E-state index in [1.54, 1.807) is 13.8 Å². The highest BCUT2D eigenvalue weighted by atomic mass is 35.5. The molecule has 31 heavy (non-hydrogen) atoms. The predicted octanol–water partition coefficient (Wildman–Crippen LogP) is 1.24. The summed E-state index contributed by atoms with van der Waals surface area (Å²) in [5.74, 6) is -1.57. The van der Waals surface area contributed by atoms with Crippen molar-refractivity contribution in [2.45, 2.75) is 44.0 Å². The van der Waals surface area contributed by atoms with E-state index in [-0.39, 0.29) is 47.3 Å². The van der Waals surface area contributed by atoms with Gasteiger partial charge in [-0.15, -0.1) is 0 Å². The van der Waals surface area contributed by atoms with Crippen molar-refractivity contribution in [3.05, 3.63) is 28.8 Å². The molecular weight excluding hydrogens is 450 g/mol. The van der Waals surface area contributed by atoms with Gasteiger partial charge in [-0.1, -0.05) is 11.6 Å². The average Bonchev–Trinajstić information content (AvgIpc) is 3.12. The van der Waals surface area contributed by atoms with Crippen LogP contribution in [0.25, 0.3) is 0 Å². The van der Waals surface area contributed by atoms with Crippen LogP contribution in [0.1, 0.15) is 31.1 Å². The lowest BCUT2D eigenvalue weighted by molar-refractivity contribution is -0.136. The van der Waals surface area contributed by atoms with Gasteiger partial charge in [-0.3, -0.25) is 9.69 Å². The normalized spacial score (nSPS) is 23.4. The fourth-order valence-electron chi connectivity index (χ4n) is 3.47. The van der Waals surface area contributed by atoms with Crippen molar-refractivity contribution >= 4 is 39.5 Å². The Morgan fingerprint density at radius 3 is 2.48 bits per heavy atom. The van der Waals surface area contributed by atoms with E-state index in [9.17, 15) is 22.8 Å². The first-order valence-corrected chi connectivity index (χ1v) is 11.6. The zero-order valence-corrected chi connectivity index (χ0v) is 18.9. The van der Waals surface area contributed by atoms with Gasteiger partial charge >= 0.3 is 12.0 Å². The number of carbonyl (C=O) groups is 3. The highest BCUT2D eigenvalue weighted by Gasteiger charge is 2.35. The highest BCUT2D eigenvalue weighted by Crippen LogP contribution is 2.28. The minimum atomic E-state index is -3.99. The Labute approximate surface area is 185 Å². The van der Waals surface area contributed by atoms with Crippen LogP contribution in [-0.4, -0.2) is 80.0 Å². The molecule has 1 aromatic carbocycles. The molecule has 2 aliphatic heterocycles. The van der Waals surface area contributed by atoms with Crippen LogP contribution < -0.4 is 5.32 Å². The van der Waals surface area contributed by atoms with Crippen LogP contribution in [0.15, 0.2) is 23.1 Å². The van der Waals surface area contributed by atoms with Crippen molar-refractivity contribution in [2.75, 3.05) is 26.2 Å². The second-order valence-electron chi connectivity index (χ2n) is 7.49. The number of sulfonamides is 1. The van der Waals surface area contributed by atoms with Crippen LogP contribution >= 0.6 is 11.6 Å². The smallest absolute Gasteiger partial charge is 0.338 e. The lowest BCUT2D eigenvalue weighted by Gasteiger charge is -2.34. The van der Waals surface area contributed by atoms with Crippen molar-refractivity contribution in [1.29, 1.82) is 0 Å². The zero-order valence-electron chi connectivity index (χ0n) is 17.3. The molecule has 2 aliphatic rings. The number of nitrogens with one attached hydrogen (secondary N) is 1. The van der Waals surface area contributed by atoms with E-state index in [4.69, 9.17) is 21.1 Å². The van der Waals surface area contributed by atoms with E-state index in [0.717, 1.165) is 11.0 Å². The van der Waals surface area contributed by atoms with Gasteiger partial charge in [0.25, 0.3) is 5.91 Å². The Morgan fingerprint density at radius 2 is 1.90 bits per heavy atom. The van der Waals surface area contributed by atoms with E-state index in [1.165, 1.54) is 23.4 Å². The molecule has 0 spiro atoms. The monoisotopic (exact) mass is 473 g/mol. The standard InChI is InChI=1S/C19H24ClN3O7S/c1-11-9-22(10-12(2)29-11)31(27,28)16-8-14(4-5-15(16)20)18(25)30-13(3)17(24)23-7-6-21-19(23)26/h4-5,8,11-13H,6-7,9-10H2,1-3H3,(H,21,26). The van der Waals surface area contributed by atoms with E-state index >= 15 is 0 Å². The molecule has 0 saturated carbocycles. The van der Waals surface area contributed by atoms with Crippen LogP contribution in [0, 0.1) is 0 Å². The van der Waals surface area contributed by atoms with Crippen LogP contribution in [0.5, 0.6) is 0 Å². The lowest BCUT2D eigenvalue weighted by Crippen LogP contribution is -2.48. The number of hydrogen-bond donors (Lipinski definition) is 1. The van der Waals surface area contributed by atoms with E-state index < -0.39 is 34.0 Å². The number of amides is 3. The van der Waals surface area contributed by atoms with Crippen molar-refractivity contribution in [1.82, 2.24) is 14.5 Å². The fourth-order valence-corrected chi connectivity index (χ4v) is 5.57. The molecule has 2 fully saturated rings. The summed E-state index contributed by atoms with van der Waals surface area (Å²) in [7, 11) is -3.99. The van der Waals surface area contributed by atoms with Gasteiger partial charge in [-0.05, 0) is 39.0 Å². The molecule has 1 aromatic rings. The Balaban J connectivity index is 1.79. The van der Waals surface area contributed by atoms with Gasteiger partial charge in [-0.25, -0.2) is 18.0 Å². The minimum absolute atomic E-state index is 0.0405. The number of imide groups is 1. The molecule has 3 atom stereocenters. The number of ether oxygens (including phenoxy) is 2. The van der Waals surface area contributed by atoms with Gasteiger partial charge in [-0.2, -0.15) is 4.31 Å². The van der Waals surface area contributed by atoms with Crippen molar-refractivity contribution in [3.63, 3.8) is 0 Å². The quantitative estimate of drug-likeness (QED) is 0.638. The van der Waals surface area contributed by atoms with Crippen LogP contribution in [0.3, 0.4) is 0 Å². The average molecular weight is 474 g/mol. The second-order valence-corrected chi connectivity index (χ2v) is 9.81. The van der Waals surface area contributed by atoms with E-state index in [2.05, 4.69) is 5.32 Å². The molecule has 3 amide bonds. The minimum Gasteiger partial charge on any atom is -0.449 e. The summed E-state index contributed by atoms with van der Waals surface area (Å²) < 4.78 is 38.3. The summed E-state index contributed by atoms with van der Waals surface area (Å²) in [6, 6.07) is 3.18. The second kappa shape index (κ2) is 9.11. The number of rotatable bonds is 5. The third kappa shape index (κ3) is 5.00. The molecule has 0 bridgehead atoms. The summed E-state index contributed by atoms with van der Waals surface area (Å²) in [6.45, 7) is 5.69. The molecule has 0 aromatic heterocycles. The van der Waals surface area contributed by atoms with Crippen LogP contribution in [0.4, 0.5) is 4.79 Å². The number of esters is 1. The first-order chi connectivity index (χ1) is 14.5. The maximum Gasteiger partial charge on any atom is 0.338 e. The Morgan fingerprint density at radius 1 is 1.26 bits per heavy atom. The van der Waals surface area contributed by atoms with Crippen molar-refractivity contribution in [3.8, 4) is 0 Å². The molecule has 1 N–H and O–H groups in total. The molecule has 2 saturated heterocycles. The number of benzene rings is 1. The van der Waals surface area contributed by atoms with Gasteiger partial charge in [0, 0.05) is 26.2 Å². The SMILES string of the molecule is CC1CN(S(=O)(=O)c2cc(C(=O)OC(C)C(=O)N3CCNC3=O)ccc2Cl)CC(C)O1. The molecule has 10 nitrogen and oxygen atoms in total. The largest absolute Gasteiger partial charge is 0.449 e. The Hall–Kier alpha value is -2.21. The molecule has 170 valence electrons. The summed E-state index contributed by atoms with van der Waals surface area (Å²) in [4.78, 5) is 37.2. The molecule has 12 heteroatoms. The summed E-state index contributed by atoms with van der Waals surface area (Å²) >= 11 is 6.14. The molecule has 3 rings (SSSR count). The van der Waals surface area contributed by atoms with Crippen molar-refractivity contribution < 1.29 is 32.3 Å². The first-order valence-electron chi connectivity index (χ1n) is 9.76. The van der Waals surface area contributed by atoms with Gasteiger partial charge in [0.1, 0.15) is 4.90 Å². The number of urea groups is 1. The number of carbonyl (C=O) groups excluding carboxylic acids is 3. The van der Waals surface area contributed by atoms with Gasteiger partial charge < -0.3 is 14.8 Å². The lowest BCUT2D eigenvalue weighted by atomic mass is 10.2. The fraction of sp³-hybridized carbons (Fsp3) is 0.526. The number of nitrogens with zero attached hydrogens (tertiary/aromatic N) is 2. The molecule has 3 unspecified atom stereocenters. The van der Waals surface area contributed by atoms with Gasteiger partial charge in [0.2, 0.25) is 10.0 Å². The van der Waals surface area contributed by atoms with Crippen molar-refractivity contribution in [2.24, 2.45) is 0 Å². The summed E-state index contributed by atoms with van der Waals surface area (Å²) in [5.41, 5.74) is -0.0807. The number of hydrogen-bond acceptors (Lipinski definition) is 7. The first kappa shape index (κ1) is 23.5. The highest BCUT2D eigenvalue weighted by molar-refractivity contribution is 7.89. The summed E-state index contributed by atoms with van der Waals surface area (Å²) in [5, 5.41) is 2.45. The van der Waals surface area contributed by atoms with E-state index in [0.29, 0.717) is 6.54 Å². The zero-order chi connectivity index (χ0) is 22.9. The molecular formula is C19H24ClN3O7S. The van der Waals surface area contributed by atoms with Crippen LogP contribution in [-0.2, 0) is 24.3 Å². The molecule has 2 heterocycles. The third-order valence-electron chi connectivity index (χ3n) is 4.93. The molecule has 0 radical (unpaired) electrons. The topological polar surface area (TPSA) is 122 Å². The number of halogens is 1. The number of morpholine rings is 1. The van der Waals surface area contributed by atoms with Crippen LogP contribution in [0.2, 0.25) is 5.02 Å².